The molecule has 0 saturated carbocycles. The molecule has 14 N–H and O–H groups in total. The van der Waals surface area contributed by atoms with Gasteiger partial charge in [0.05, 0.1) is 54.2 Å². The van der Waals surface area contributed by atoms with Crippen molar-refractivity contribution >= 4 is 38.0 Å². The Balaban J connectivity index is 0.000000893. The molecule has 2 aliphatic rings. The average molecular weight is 823 g/mol. The number of aromatic nitrogens is 8. The van der Waals surface area contributed by atoms with Gasteiger partial charge in [-0.1, -0.05) is 0 Å². The molecule has 31 heteroatoms. The zero-order valence-electron chi connectivity index (χ0n) is 24.9. The monoisotopic (exact) mass is 823 g/mol. The summed E-state index contributed by atoms with van der Waals surface area (Å²) in [6.45, 7) is -1.50. The fourth-order valence-electron chi connectivity index (χ4n) is 4.62. The maximum Gasteiger partial charge on any atom is 0.278 e. The van der Waals surface area contributed by atoms with Gasteiger partial charge in [-0.05, 0) is 0 Å². The smallest absolute Gasteiger partial charge is 0.278 e. The third kappa shape index (κ3) is 10.6. The number of phosphoric ester groups is 2. The molecule has 4 aromatic heterocycles. The number of phosphoric acid groups is 2. The number of aliphatic hydroxyl groups is 4. The van der Waals surface area contributed by atoms with E-state index in [9.17, 15) is 58.7 Å². The molecule has 2 aliphatic heterocycles. The molecular formula is C20H30CoN8O20P2-4. The topological polar surface area (TPSA) is 497 Å². The number of ether oxygens (including phenoxy) is 2. The number of hydrogen-bond donors (Lipinski definition) is 6. The summed E-state index contributed by atoms with van der Waals surface area (Å²) in [5, 5.41) is 39.8. The molecule has 8 atom stereocenters. The molecule has 1 radical (unpaired) electrons. The predicted octanol–water partition coefficient (Wildman–Crippen LogP) is -10.1. The summed E-state index contributed by atoms with van der Waals surface area (Å²) in [6.07, 6.45) is -6.22. The number of rotatable bonds is 8. The van der Waals surface area contributed by atoms with E-state index in [0.29, 0.717) is 0 Å². The number of fused-ring (bicyclic) bond motifs is 2. The zero-order chi connectivity index (χ0) is 33.6. The molecule has 0 bridgehead atoms. The first-order valence-corrected chi connectivity index (χ1v) is 15.6. The summed E-state index contributed by atoms with van der Waals surface area (Å²) >= 11 is 0. The molecule has 8 unspecified atom stereocenters. The van der Waals surface area contributed by atoms with E-state index in [1.165, 1.54) is 21.8 Å². The van der Waals surface area contributed by atoms with E-state index in [0.717, 1.165) is 12.7 Å². The van der Waals surface area contributed by atoms with Crippen molar-refractivity contribution in [3.63, 3.8) is 0 Å². The minimum atomic E-state index is -5.24. The van der Waals surface area contributed by atoms with E-state index >= 15 is 0 Å². The molecule has 2 fully saturated rings. The standard InChI is InChI=1S/2C10H13N4O8P.Co.4H2O/c2*15-6-4(1-21-23(18,19)20)22-10(7(6)16)14-3-13-5-8(14)11-2-12-9(5)17;;;;;/h2*2-4,6-7,10,15-16H,1H2,(H,11,12,17)(H2,18,19,20);;4*1H2/p-4. The van der Waals surface area contributed by atoms with Crippen LogP contribution < -0.4 is 30.7 Å². The summed E-state index contributed by atoms with van der Waals surface area (Å²) in [5.41, 5.74) is -0.794. The van der Waals surface area contributed by atoms with Crippen LogP contribution in [0.2, 0.25) is 0 Å². The third-order valence-corrected chi connectivity index (χ3v) is 7.68. The van der Waals surface area contributed by atoms with Crippen LogP contribution in [0.3, 0.4) is 0 Å². The van der Waals surface area contributed by atoms with E-state index in [-0.39, 0.29) is 61.0 Å². The van der Waals surface area contributed by atoms with Crippen LogP contribution in [0.1, 0.15) is 12.5 Å². The first-order chi connectivity index (χ1) is 21.6. The molecule has 0 aromatic carbocycles. The molecule has 0 spiro atoms. The molecule has 0 aliphatic carbocycles. The van der Waals surface area contributed by atoms with E-state index < -0.39 is 89.1 Å². The fraction of sp³-hybridized carbons (Fsp3) is 0.500. The molecule has 6 heterocycles. The van der Waals surface area contributed by atoms with Crippen molar-refractivity contribution in [3.05, 3.63) is 46.0 Å². The van der Waals surface area contributed by atoms with Crippen LogP contribution in [0.5, 0.6) is 0 Å². The number of imidazole rings is 2. The van der Waals surface area contributed by atoms with Gasteiger partial charge in [0.25, 0.3) is 11.1 Å². The molecule has 51 heavy (non-hydrogen) atoms. The number of aromatic amines is 2. The van der Waals surface area contributed by atoms with Crippen LogP contribution in [0.15, 0.2) is 34.9 Å². The Hall–Kier alpha value is -2.97. The first-order valence-electron chi connectivity index (χ1n) is 12.7. The molecule has 28 nitrogen and oxygen atoms in total. The van der Waals surface area contributed by atoms with Gasteiger partial charge in [-0.2, -0.15) is 0 Å². The van der Waals surface area contributed by atoms with Crippen LogP contribution >= 0.6 is 15.6 Å². The Morgan fingerprint density at radius 3 is 1.31 bits per heavy atom. The number of hydrogen-bond acceptors (Lipinski definition) is 20. The van der Waals surface area contributed by atoms with E-state index in [1.807, 2.05) is 0 Å². The summed E-state index contributed by atoms with van der Waals surface area (Å²) < 4.78 is 42.2. The SMILES string of the molecule is O.O.O.O.O=c1[nH]cnc2c1ncn2C1OC(COP(=O)([O-])[O-])C(O)C1O.O=c1[nH]cnc2c1ncn2C1OC(COP(=O)([O-])[O-])C(O)C1O.[Co]. The van der Waals surface area contributed by atoms with Crippen molar-refractivity contribution in [3.8, 4) is 0 Å². The van der Waals surface area contributed by atoms with Gasteiger partial charge in [-0.3, -0.25) is 18.7 Å². The van der Waals surface area contributed by atoms with Crippen molar-refractivity contribution in [2.75, 3.05) is 13.2 Å². The maximum absolute atomic E-state index is 11.6. The van der Waals surface area contributed by atoms with Gasteiger partial charge in [-0.25, -0.2) is 19.9 Å². The number of nitrogens with zero attached hydrogens (tertiary/aromatic N) is 6. The second-order valence-corrected chi connectivity index (χ2v) is 12.0. The van der Waals surface area contributed by atoms with Crippen molar-refractivity contribution in [2.45, 2.75) is 49.1 Å². The van der Waals surface area contributed by atoms with Gasteiger partial charge < -0.3 is 99.5 Å². The number of H-pyrrole nitrogens is 2. The Morgan fingerprint density at radius 2 is 1.00 bits per heavy atom. The Labute approximate surface area is 291 Å². The Bertz CT molecular complexity index is 1780. The predicted molar refractivity (Wildman–Crippen MR) is 150 cm³/mol. The van der Waals surface area contributed by atoms with E-state index in [4.69, 9.17) is 9.47 Å². The summed E-state index contributed by atoms with van der Waals surface area (Å²) in [4.78, 5) is 85.3. The van der Waals surface area contributed by atoms with Crippen molar-refractivity contribution < 1.29 is 106 Å². The van der Waals surface area contributed by atoms with Gasteiger partial charge in [0.2, 0.25) is 0 Å². The van der Waals surface area contributed by atoms with Gasteiger partial charge in [0.1, 0.15) is 36.6 Å². The summed E-state index contributed by atoms with van der Waals surface area (Å²) in [5.74, 6) is 0. The van der Waals surface area contributed by atoms with Gasteiger partial charge in [0, 0.05) is 16.8 Å². The normalized spacial score (nSPS) is 25.7. The van der Waals surface area contributed by atoms with Gasteiger partial charge in [0.15, 0.2) is 34.8 Å². The molecule has 293 valence electrons. The average Bonchev–Trinajstić information content (AvgIpc) is 3.73. The van der Waals surface area contributed by atoms with Crippen LogP contribution in [0.4, 0.5) is 0 Å². The molecular weight excluding hydrogens is 793 g/mol. The first kappa shape index (κ1) is 48.0. The molecule has 0 amide bonds. The third-order valence-electron chi connectivity index (χ3n) is 6.75. The number of aliphatic hydroxyl groups excluding tert-OH is 4. The minimum Gasteiger partial charge on any atom is -0.790 e. The molecule has 6 rings (SSSR count). The molecule has 4 aromatic rings. The van der Waals surface area contributed by atoms with Crippen LogP contribution in [0.25, 0.3) is 22.3 Å². The largest absolute Gasteiger partial charge is 0.790 e. The van der Waals surface area contributed by atoms with Crippen LogP contribution in [-0.2, 0) is 44.4 Å². The minimum absolute atomic E-state index is 0. The summed E-state index contributed by atoms with van der Waals surface area (Å²) in [7, 11) is -10.5. The van der Waals surface area contributed by atoms with E-state index in [2.05, 4.69) is 39.0 Å². The van der Waals surface area contributed by atoms with Gasteiger partial charge >= 0.3 is 0 Å². The maximum atomic E-state index is 11.6. The second-order valence-electron chi connectivity index (χ2n) is 9.69. The second kappa shape index (κ2) is 18.7. The van der Waals surface area contributed by atoms with Crippen molar-refractivity contribution in [1.82, 2.24) is 39.0 Å². The molecule has 2 saturated heterocycles. The van der Waals surface area contributed by atoms with E-state index in [1.54, 1.807) is 0 Å². The van der Waals surface area contributed by atoms with Crippen LogP contribution in [0, 0.1) is 0 Å². The Kier molecular flexibility index (Phi) is 17.6. The van der Waals surface area contributed by atoms with Gasteiger partial charge in [-0.15, -0.1) is 0 Å². The van der Waals surface area contributed by atoms with Crippen molar-refractivity contribution in [2.24, 2.45) is 0 Å². The number of nitrogens with one attached hydrogen (secondary N) is 2. The summed E-state index contributed by atoms with van der Waals surface area (Å²) in [6, 6.07) is 0. The quantitative estimate of drug-likeness (QED) is 0.0898. The van der Waals surface area contributed by atoms with Crippen molar-refractivity contribution in [1.29, 1.82) is 0 Å². The fourth-order valence-corrected chi connectivity index (χ4v) is 5.28. The Morgan fingerprint density at radius 1 is 0.667 bits per heavy atom. The zero-order valence-corrected chi connectivity index (χ0v) is 27.8. The van der Waals surface area contributed by atoms with Crippen LogP contribution in [-0.4, -0.2) is 131 Å².